The maximum atomic E-state index is 13.5. The van der Waals surface area contributed by atoms with E-state index in [0.717, 1.165) is 22.4 Å². The zero-order chi connectivity index (χ0) is 23.5. The first-order chi connectivity index (χ1) is 16.6. The normalized spacial score (nSPS) is 19.8. The van der Waals surface area contributed by atoms with Gasteiger partial charge >= 0.3 is 0 Å². The summed E-state index contributed by atoms with van der Waals surface area (Å²) in [4.78, 5) is 15.4. The summed E-state index contributed by atoms with van der Waals surface area (Å²) in [6, 6.07) is 23.9. The molecule has 1 heterocycles. The van der Waals surface area contributed by atoms with Crippen molar-refractivity contribution in [1.29, 1.82) is 0 Å². The molecule has 34 heavy (non-hydrogen) atoms. The van der Waals surface area contributed by atoms with Crippen molar-refractivity contribution in [3.8, 4) is 11.5 Å². The minimum Gasteiger partial charge on any atom is -0.489 e. The number of nitrogens with zero attached hydrogens (tertiary/aromatic N) is 1. The average Bonchev–Trinajstić information content (AvgIpc) is 3.63. The van der Waals surface area contributed by atoms with Gasteiger partial charge in [-0.25, -0.2) is 0 Å². The number of rotatable bonds is 8. The summed E-state index contributed by atoms with van der Waals surface area (Å²) in [5.41, 5.74) is 4.19. The molecule has 0 aromatic heterocycles. The molecule has 2 atom stereocenters. The summed E-state index contributed by atoms with van der Waals surface area (Å²) in [7, 11) is 1.68. The van der Waals surface area contributed by atoms with Crippen LogP contribution >= 0.6 is 0 Å². The third-order valence-electron chi connectivity index (χ3n) is 6.68. The second-order valence-corrected chi connectivity index (χ2v) is 9.20. The number of hydrogen-bond acceptors (Lipinski definition) is 4. The summed E-state index contributed by atoms with van der Waals surface area (Å²) >= 11 is 0. The zero-order valence-electron chi connectivity index (χ0n) is 19.8. The summed E-state index contributed by atoms with van der Waals surface area (Å²) in [6.07, 6.45) is 1.90. The highest BCUT2D eigenvalue weighted by Gasteiger charge is 2.39. The van der Waals surface area contributed by atoms with Crippen molar-refractivity contribution in [1.82, 2.24) is 4.90 Å². The van der Waals surface area contributed by atoms with Gasteiger partial charge in [0.25, 0.3) is 5.91 Å². The standard InChI is InChI=1S/C29H31NO4/c1-20-8-6-13-25(22-14-15-22)28(20)29(31)30-17-26(32-2)27(18-30)34-24-12-7-11-23(16-24)33-19-21-9-4-3-5-10-21/h3-13,16,22,26-27H,14-15,17-19H2,1-2H3. The fourth-order valence-corrected chi connectivity index (χ4v) is 4.68. The molecule has 1 amide bonds. The predicted octanol–water partition coefficient (Wildman–Crippen LogP) is 5.37. The van der Waals surface area contributed by atoms with Gasteiger partial charge in [0, 0.05) is 18.7 Å². The second-order valence-electron chi connectivity index (χ2n) is 9.20. The van der Waals surface area contributed by atoms with Gasteiger partial charge in [0.15, 0.2) is 0 Å². The van der Waals surface area contributed by atoms with Gasteiger partial charge in [0.05, 0.1) is 13.1 Å². The highest BCUT2D eigenvalue weighted by Crippen LogP contribution is 2.42. The van der Waals surface area contributed by atoms with Crippen molar-refractivity contribution < 1.29 is 19.0 Å². The lowest BCUT2D eigenvalue weighted by Gasteiger charge is -2.20. The Kier molecular flexibility index (Phi) is 6.54. The first-order valence-corrected chi connectivity index (χ1v) is 12.0. The molecule has 0 bridgehead atoms. The van der Waals surface area contributed by atoms with Gasteiger partial charge in [-0.2, -0.15) is 0 Å². The first-order valence-electron chi connectivity index (χ1n) is 12.0. The minimum atomic E-state index is -0.244. The van der Waals surface area contributed by atoms with Gasteiger partial charge in [-0.1, -0.05) is 54.6 Å². The van der Waals surface area contributed by atoms with E-state index in [1.54, 1.807) is 7.11 Å². The van der Waals surface area contributed by atoms with Crippen LogP contribution in [0.2, 0.25) is 0 Å². The van der Waals surface area contributed by atoms with Gasteiger partial charge in [-0.05, 0) is 54.5 Å². The molecule has 3 aromatic carbocycles. The van der Waals surface area contributed by atoms with Gasteiger partial charge < -0.3 is 19.1 Å². The lowest BCUT2D eigenvalue weighted by Crippen LogP contribution is -2.32. The molecule has 0 radical (unpaired) electrons. The molecule has 1 saturated heterocycles. The van der Waals surface area contributed by atoms with Crippen LogP contribution in [0.3, 0.4) is 0 Å². The van der Waals surface area contributed by atoms with Crippen LogP contribution in [0.15, 0.2) is 72.8 Å². The summed E-state index contributed by atoms with van der Waals surface area (Å²) < 4.78 is 18.0. The third-order valence-corrected chi connectivity index (χ3v) is 6.68. The van der Waals surface area contributed by atoms with Crippen molar-refractivity contribution >= 4 is 5.91 Å². The Morgan fingerprint density at radius 3 is 2.41 bits per heavy atom. The van der Waals surface area contributed by atoms with Crippen LogP contribution in [0.5, 0.6) is 11.5 Å². The van der Waals surface area contributed by atoms with E-state index in [4.69, 9.17) is 14.2 Å². The quantitative estimate of drug-likeness (QED) is 0.456. The Morgan fingerprint density at radius 2 is 1.65 bits per heavy atom. The summed E-state index contributed by atoms with van der Waals surface area (Å²) in [5.74, 6) is 2.05. The number of amides is 1. The van der Waals surface area contributed by atoms with E-state index in [0.29, 0.717) is 31.4 Å². The molecule has 0 N–H and O–H groups in total. The molecule has 1 aliphatic heterocycles. The molecule has 2 unspecified atom stereocenters. The average molecular weight is 458 g/mol. The number of benzene rings is 3. The SMILES string of the molecule is COC1CN(C(=O)c2c(C)cccc2C2CC2)CC1Oc1cccc(OCc2ccccc2)c1. The molecule has 0 spiro atoms. The maximum Gasteiger partial charge on any atom is 0.254 e. The monoisotopic (exact) mass is 457 g/mol. The Bertz CT molecular complexity index is 1140. The van der Waals surface area contributed by atoms with Gasteiger partial charge in [0.1, 0.15) is 30.3 Å². The number of ether oxygens (including phenoxy) is 3. The van der Waals surface area contributed by atoms with Crippen LogP contribution in [0.25, 0.3) is 0 Å². The molecule has 5 heteroatoms. The van der Waals surface area contributed by atoms with Crippen molar-refractivity contribution in [2.24, 2.45) is 0 Å². The summed E-state index contributed by atoms with van der Waals surface area (Å²) in [6.45, 7) is 3.53. The molecule has 1 aliphatic carbocycles. The van der Waals surface area contributed by atoms with Crippen LogP contribution in [-0.2, 0) is 11.3 Å². The molecule has 1 saturated carbocycles. The van der Waals surface area contributed by atoms with Crippen molar-refractivity contribution in [3.63, 3.8) is 0 Å². The molecule has 5 rings (SSSR count). The van der Waals surface area contributed by atoms with E-state index in [9.17, 15) is 4.79 Å². The van der Waals surface area contributed by atoms with Crippen LogP contribution in [-0.4, -0.2) is 43.2 Å². The van der Waals surface area contributed by atoms with E-state index in [1.165, 1.54) is 18.4 Å². The van der Waals surface area contributed by atoms with Crippen LogP contribution in [0, 0.1) is 6.92 Å². The molecule has 3 aromatic rings. The number of carbonyl (C=O) groups is 1. The fraction of sp³-hybridized carbons (Fsp3) is 0.345. The Hall–Kier alpha value is -3.31. The van der Waals surface area contributed by atoms with Gasteiger partial charge in [-0.15, -0.1) is 0 Å². The van der Waals surface area contributed by atoms with Gasteiger partial charge in [0.2, 0.25) is 0 Å². The van der Waals surface area contributed by atoms with Crippen LogP contribution in [0.4, 0.5) is 0 Å². The van der Waals surface area contributed by atoms with E-state index < -0.39 is 0 Å². The van der Waals surface area contributed by atoms with E-state index in [-0.39, 0.29) is 18.1 Å². The molecule has 176 valence electrons. The van der Waals surface area contributed by atoms with Crippen molar-refractivity contribution in [2.75, 3.05) is 20.2 Å². The maximum absolute atomic E-state index is 13.5. The summed E-state index contributed by atoms with van der Waals surface area (Å²) in [5, 5.41) is 0. The molecule has 5 nitrogen and oxygen atoms in total. The lowest BCUT2D eigenvalue weighted by molar-refractivity contribution is 0.0338. The van der Waals surface area contributed by atoms with E-state index in [2.05, 4.69) is 12.1 Å². The largest absolute Gasteiger partial charge is 0.489 e. The van der Waals surface area contributed by atoms with Gasteiger partial charge in [-0.3, -0.25) is 4.79 Å². The molecule has 2 fully saturated rings. The second kappa shape index (κ2) is 9.90. The Labute approximate surface area is 201 Å². The van der Waals surface area contributed by atoms with Crippen molar-refractivity contribution in [2.45, 2.75) is 44.5 Å². The number of likely N-dealkylation sites (tertiary alicyclic amines) is 1. The topological polar surface area (TPSA) is 48.0 Å². The fourth-order valence-electron chi connectivity index (χ4n) is 4.68. The zero-order valence-corrected chi connectivity index (χ0v) is 19.8. The molecule has 2 aliphatic rings. The predicted molar refractivity (Wildman–Crippen MR) is 131 cm³/mol. The molecular formula is C29H31NO4. The first kappa shape index (κ1) is 22.5. The Morgan fingerprint density at radius 1 is 0.912 bits per heavy atom. The minimum absolute atomic E-state index is 0.0769. The van der Waals surface area contributed by atoms with E-state index in [1.807, 2.05) is 72.5 Å². The van der Waals surface area contributed by atoms with E-state index >= 15 is 0 Å². The highest BCUT2D eigenvalue weighted by molar-refractivity contribution is 5.97. The molecular weight excluding hydrogens is 426 g/mol. The number of methoxy groups -OCH3 is 1. The third kappa shape index (κ3) is 4.95. The number of hydrogen-bond donors (Lipinski definition) is 0. The van der Waals surface area contributed by atoms with Crippen molar-refractivity contribution in [3.05, 3.63) is 95.1 Å². The van der Waals surface area contributed by atoms with Crippen LogP contribution in [0.1, 0.15) is 45.8 Å². The number of aryl methyl sites for hydroxylation is 1. The highest BCUT2D eigenvalue weighted by atomic mass is 16.5. The Balaban J connectivity index is 1.27. The number of carbonyl (C=O) groups excluding carboxylic acids is 1. The van der Waals surface area contributed by atoms with Crippen LogP contribution < -0.4 is 9.47 Å². The smallest absolute Gasteiger partial charge is 0.254 e. The lowest BCUT2D eigenvalue weighted by atomic mass is 9.97.